The molecular weight excluding hydrogens is 364 g/mol. The minimum atomic E-state index is -0.0793. The Morgan fingerprint density at radius 3 is 2.62 bits per heavy atom. The van der Waals surface area contributed by atoms with Crippen molar-refractivity contribution in [1.29, 1.82) is 0 Å². The van der Waals surface area contributed by atoms with Crippen LogP contribution in [0.5, 0.6) is 0 Å². The molecule has 0 spiro atoms. The van der Waals surface area contributed by atoms with Crippen molar-refractivity contribution < 1.29 is 4.79 Å². The predicted octanol–water partition coefficient (Wildman–Crippen LogP) is 5.33. The van der Waals surface area contributed by atoms with Crippen molar-refractivity contribution >= 4 is 39.1 Å². The maximum atomic E-state index is 12.8. The van der Waals surface area contributed by atoms with E-state index >= 15 is 0 Å². The normalized spacial score (nSPS) is 11.0. The standard InChI is InChI=1S/C21H17ClN2OS/c22-17-8-4-7-16(11-17)13-23-21(25)19-12-20-18(9-10-26-20)24(19)14-15-5-2-1-3-6-15/h1-12H,13-14H2,(H,23,25). The molecule has 4 rings (SSSR count). The van der Waals surface area contributed by atoms with Gasteiger partial charge in [0.2, 0.25) is 0 Å². The maximum absolute atomic E-state index is 12.8. The molecule has 0 saturated heterocycles. The van der Waals surface area contributed by atoms with Gasteiger partial charge < -0.3 is 9.88 Å². The Morgan fingerprint density at radius 1 is 1.00 bits per heavy atom. The van der Waals surface area contributed by atoms with E-state index in [-0.39, 0.29) is 5.91 Å². The van der Waals surface area contributed by atoms with Crippen LogP contribution < -0.4 is 5.32 Å². The number of amides is 1. The highest BCUT2D eigenvalue weighted by atomic mass is 35.5. The molecule has 0 fully saturated rings. The number of rotatable bonds is 5. The number of carbonyl (C=O) groups excluding carboxylic acids is 1. The van der Waals surface area contributed by atoms with Gasteiger partial charge in [-0.1, -0.05) is 54.1 Å². The lowest BCUT2D eigenvalue weighted by Crippen LogP contribution is -2.25. The SMILES string of the molecule is O=C(NCc1cccc(Cl)c1)c1cc2sccc2n1Cc1ccccc1. The van der Waals surface area contributed by atoms with Crippen molar-refractivity contribution in [1.82, 2.24) is 9.88 Å². The Labute approximate surface area is 160 Å². The number of benzene rings is 2. The first-order valence-corrected chi connectivity index (χ1v) is 9.60. The summed E-state index contributed by atoms with van der Waals surface area (Å²) in [4.78, 5) is 12.8. The third-order valence-corrected chi connectivity index (χ3v) is 5.37. The van der Waals surface area contributed by atoms with Crippen LogP contribution in [0.1, 0.15) is 21.6 Å². The van der Waals surface area contributed by atoms with E-state index in [0.717, 1.165) is 15.8 Å². The molecule has 26 heavy (non-hydrogen) atoms. The van der Waals surface area contributed by atoms with Crippen LogP contribution in [0.2, 0.25) is 5.02 Å². The molecule has 4 aromatic rings. The number of hydrogen-bond acceptors (Lipinski definition) is 2. The van der Waals surface area contributed by atoms with E-state index < -0.39 is 0 Å². The largest absolute Gasteiger partial charge is 0.347 e. The van der Waals surface area contributed by atoms with Gasteiger partial charge >= 0.3 is 0 Å². The summed E-state index contributed by atoms with van der Waals surface area (Å²) in [6, 6.07) is 21.7. The lowest BCUT2D eigenvalue weighted by Gasteiger charge is -2.11. The van der Waals surface area contributed by atoms with Crippen molar-refractivity contribution in [3.05, 3.63) is 94.0 Å². The van der Waals surface area contributed by atoms with Crippen molar-refractivity contribution in [3.63, 3.8) is 0 Å². The predicted molar refractivity (Wildman–Crippen MR) is 108 cm³/mol. The number of nitrogens with zero attached hydrogens (tertiary/aromatic N) is 1. The summed E-state index contributed by atoms with van der Waals surface area (Å²) in [5.74, 6) is -0.0793. The Kier molecular flexibility index (Phi) is 4.78. The average Bonchev–Trinajstić information content (AvgIpc) is 3.23. The summed E-state index contributed by atoms with van der Waals surface area (Å²) in [6.45, 7) is 1.12. The van der Waals surface area contributed by atoms with Crippen LogP contribution in [0.4, 0.5) is 0 Å². The van der Waals surface area contributed by atoms with Crippen LogP contribution in [0.15, 0.2) is 72.1 Å². The Morgan fingerprint density at radius 2 is 1.81 bits per heavy atom. The molecule has 0 aliphatic carbocycles. The third kappa shape index (κ3) is 3.52. The van der Waals surface area contributed by atoms with Gasteiger partial charge in [0.25, 0.3) is 5.91 Å². The zero-order valence-corrected chi connectivity index (χ0v) is 15.6. The fourth-order valence-electron chi connectivity index (χ4n) is 3.02. The molecule has 0 aliphatic heterocycles. The van der Waals surface area contributed by atoms with Crippen LogP contribution in [-0.4, -0.2) is 10.5 Å². The Bertz CT molecular complexity index is 1050. The number of nitrogens with one attached hydrogen (secondary N) is 1. The van der Waals surface area contributed by atoms with Crippen LogP contribution in [0.3, 0.4) is 0 Å². The molecule has 130 valence electrons. The van der Waals surface area contributed by atoms with Crippen LogP contribution in [-0.2, 0) is 13.1 Å². The molecule has 2 heterocycles. The molecule has 1 amide bonds. The minimum absolute atomic E-state index is 0.0793. The zero-order chi connectivity index (χ0) is 17.9. The van der Waals surface area contributed by atoms with E-state index in [4.69, 9.17) is 11.6 Å². The van der Waals surface area contributed by atoms with Crippen molar-refractivity contribution in [2.45, 2.75) is 13.1 Å². The van der Waals surface area contributed by atoms with Gasteiger partial charge in [-0.2, -0.15) is 0 Å². The smallest absolute Gasteiger partial charge is 0.268 e. The second kappa shape index (κ2) is 7.36. The van der Waals surface area contributed by atoms with E-state index in [0.29, 0.717) is 23.8 Å². The summed E-state index contributed by atoms with van der Waals surface area (Å²) >= 11 is 7.66. The van der Waals surface area contributed by atoms with E-state index in [9.17, 15) is 4.79 Å². The monoisotopic (exact) mass is 380 g/mol. The molecule has 0 radical (unpaired) electrons. The fraction of sp³-hybridized carbons (Fsp3) is 0.0952. The number of hydrogen-bond donors (Lipinski definition) is 1. The van der Waals surface area contributed by atoms with Gasteiger partial charge in [0.15, 0.2) is 0 Å². The Balaban J connectivity index is 1.60. The van der Waals surface area contributed by atoms with Crippen LogP contribution in [0, 0.1) is 0 Å². The number of aromatic nitrogens is 1. The molecule has 0 atom stereocenters. The van der Waals surface area contributed by atoms with Gasteiger partial charge in [0, 0.05) is 18.1 Å². The molecule has 2 aromatic carbocycles. The van der Waals surface area contributed by atoms with E-state index in [1.54, 1.807) is 11.3 Å². The molecule has 0 saturated carbocycles. The van der Waals surface area contributed by atoms with Crippen molar-refractivity contribution in [2.24, 2.45) is 0 Å². The molecular formula is C21H17ClN2OS. The first-order valence-electron chi connectivity index (χ1n) is 8.34. The molecule has 2 aromatic heterocycles. The number of halogens is 1. The van der Waals surface area contributed by atoms with Crippen LogP contribution >= 0.6 is 22.9 Å². The van der Waals surface area contributed by atoms with Crippen molar-refractivity contribution in [3.8, 4) is 0 Å². The van der Waals surface area contributed by atoms with Gasteiger partial charge in [-0.3, -0.25) is 4.79 Å². The zero-order valence-electron chi connectivity index (χ0n) is 14.0. The first-order chi connectivity index (χ1) is 12.7. The van der Waals surface area contributed by atoms with Gasteiger partial charge in [-0.05, 0) is 40.8 Å². The summed E-state index contributed by atoms with van der Waals surface area (Å²) in [6.07, 6.45) is 0. The van der Waals surface area contributed by atoms with Crippen molar-refractivity contribution in [2.75, 3.05) is 0 Å². The fourth-order valence-corrected chi connectivity index (χ4v) is 4.06. The topological polar surface area (TPSA) is 34.0 Å². The second-order valence-electron chi connectivity index (χ2n) is 6.08. The number of thiophene rings is 1. The lowest BCUT2D eigenvalue weighted by molar-refractivity contribution is 0.0942. The molecule has 0 aliphatic rings. The summed E-state index contributed by atoms with van der Waals surface area (Å²) in [5, 5.41) is 5.73. The van der Waals surface area contributed by atoms with Crippen LogP contribution in [0.25, 0.3) is 10.2 Å². The minimum Gasteiger partial charge on any atom is -0.347 e. The summed E-state index contributed by atoms with van der Waals surface area (Å²) < 4.78 is 3.20. The maximum Gasteiger partial charge on any atom is 0.268 e. The van der Waals surface area contributed by atoms with Gasteiger partial charge in [0.1, 0.15) is 5.69 Å². The highest BCUT2D eigenvalue weighted by Gasteiger charge is 2.16. The van der Waals surface area contributed by atoms with E-state index in [2.05, 4.69) is 33.5 Å². The van der Waals surface area contributed by atoms with E-state index in [1.807, 2.05) is 48.5 Å². The molecule has 3 nitrogen and oxygen atoms in total. The van der Waals surface area contributed by atoms with Gasteiger partial charge in [0.05, 0.1) is 10.2 Å². The third-order valence-electron chi connectivity index (χ3n) is 4.28. The number of fused-ring (bicyclic) bond motifs is 1. The molecule has 1 N–H and O–H groups in total. The quantitative estimate of drug-likeness (QED) is 0.498. The molecule has 0 bridgehead atoms. The lowest BCUT2D eigenvalue weighted by atomic mass is 10.2. The number of carbonyl (C=O) groups is 1. The van der Waals surface area contributed by atoms with E-state index in [1.165, 1.54) is 5.56 Å². The first kappa shape index (κ1) is 16.9. The highest BCUT2D eigenvalue weighted by molar-refractivity contribution is 7.17. The summed E-state index contributed by atoms with van der Waals surface area (Å²) in [7, 11) is 0. The second-order valence-corrected chi connectivity index (χ2v) is 7.47. The molecule has 0 unspecified atom stereocenters. The van der Waals surface area contributed by atoms with Gasteiger partial charge in [-0.15, -0.1) is 11.3 Å². The van der Waals surface area contributed by atoms with Gasteiger partial charge in [-0.25, -0.2) is 0 Å². The molecule has 5 heteroatoms. The average molecular weight is 381 g/mol. The summed E-state index contributed by atoms with van der Waals surface area (Å²) in [5.41, 5.74) is 3.92. The highest BCUT2D eigenvalue weighted by Crippen LogP contribution is 2.26. The Hall–Kier alpha value is -2.56.